The van der Waals surface area contributed by atoms with Crippen molar-refractivity contribution >= 4 is 81.4 Å². The normalized spacial score (nSPS) is 14.8. The molecule has 0 bridgehead atoms. The molecule has 3 amide bonds. The summed E-state index contributed by atoms with van der Waals surface area (Å²) in [6.45, 7) is -0.546. The zero-order chi connectivity index (χ0) is 23.6. The molecule has 2 aromatic carbocycles. The molecule has 166 valence electrons. The molecule has 0 saturated carbocycles. The Morgan fingerprint density at radius 1 is 1.12 bits per heavy atom. The van der Waals surface area contributed by atoms with Crippen LogP contribution in [0.2, 0.25) is 15.1 Å². The van der Waals surface area contributed by atoms with Gasteiger partial charge in [-0.15, -0.1) is 0 Å². The second kappa shape index (κ2) is 9.83. The number of halogens is 3. The lowest BCUT2D eigenvalue weighted by Crippen LogP contribution is -2.36. The first kappa shape index (κ1) is 23.9. The van der Waals surface area contributed by atoms with Crippen molar-refractivity contribution in [2.75, 3.05) is 19.0 Å². The Balaban J connectivity index is 1.73. The van der Waals surface area contributed by atoms with Crippen LogP contribution in [-0.2, 0) is 14.3 Å². The van der Waals surface area contributed by atoms with E-state index < -0.39 is 29.6 Å². The van der Waals surface area contributed by atoms with Crippen LogP contribution in [0.3, 0.4) is 0 Å². The number of benzene rings is 2. The van der Waals surface area contributed by atoms with Crippen LogP contribution in [0.15, 0.2) is 35.2 Å². The summed E-state index contributed by atoms with van der Waals surface area (Å²) >= 11 is 18.3. The second-order valence-corrected chi connectivity index (χ2v) is 8.55. The van der Waals surface area contributed by atoms with Crippen molar-refractivity contribution in [2.24, 2.45) is 0 Å². The van der Waals surface area contributed by atoms with Gasteiger partial charge in [0.1, 0.15) is 6.54 Å². The molecule has 0 aromatic heterocycles. The Labute approximate surface area is 201 Å². The Morgan fingerprint density at radius 3 is 2.41 bits per heavy atom. The monoisotopic (exact) mass is 514 g/mol. The van der Waals surface area contributed by atoms with Crippen molar-refractivity contribution < 1.29 is 29.0 Å². The summed E-state index contributed by atoms with van der Waals surface area (Å²) in [4.78, 5) is 49.8. The van der Waals surface area contributed by atoms with Crippen molar-refractivity contribution in [1.29, 1.82) is 0 Å². The minimum atomic E-state index is -0.684. The fraction of sp³-hybridized carbons (Fsp3) is 0.100. The lowest BCUT2D eigenvalue weighted by molar-refractivity contribution is -0.127. The number of carbonyl (C=O) groups excluding carboxylic acids is 4. The SMILES string of the molecule is COC(=O)c1cc(NC(=O)CN2C(=O)S/C(=C\c3cc(Cl)c(O)c(Cl)c3)C2=O)ccc1Cl. The van der Waals surface area contributed by atoms with E-state index in [4.69, 9.17) is 34.8 Å². The maximum atomic E-state index is 12.6. The molecule has 2 aromatic rings. The number of thioether (sulfide) groups is 1. The summed E-state index contributed by atoms with van der Waals surface area (Å²) in [7, 11) is 1.19. The lowest BCUT2D eigenvalue weighted by Gasteiger charge is -2.13. The number of phenols is 1. The van der Waals surface area contributed by atoms with Gasteiger partial charge in [0.15, 0.2) is 5.75 Å². The number of phenolic OH excluding ortho intramolecular Hbond substituents is 1. The highest BCUT2D eigenvalue weighted by Crippen LogP contribution is 2.36. The number of methoxy groups -OCH3 is 1. The molecular weight excluding hydrogens is 503 g/mol. The first-order valence-electron chi connectivity index (χ1n) is 8.71. The highest BCUT2D eigenvalue weighted by Gasteiger charge is 2.36. The number of carbonyl (C=O) groups is 4. The van der Waals surface area contributed by atoms with E-state index in [1.807, 2.05) is 0 Å². The van der Waals surface area contributed by atoms with Gasteiger partial charge in [-0.1, -0.05) is 34.8 Å². The molecule has 1 heterocycles. The number of imide groups is 1. The number of anilines is 1. The first-order valence-corrected chi connectivity index (χ1v) is 10.7. The number of ether oxygens (including phenoxy) is 1. The predicted molar refractivity (Wildman–Crippen MR) is 122 cm³/mol. The topological polar surface area (TPSA) is 113 Å². The standard InChI is InChI=1S/C20H13Cl3N2O6S/c1-31-19(29)11-7-10(2-3-12(11)21)24-16(26)8-25-18(28)15(32-20(25)30)6-9-4-13(22)17(27)14(23)5-9/h2-7,27H,8H2,1H3,(H,24,26)/b15-6-. The average molecular weight is 516 g/mol. The molecule has 0 atom stereocenters. The second-order valence-electron chi connectivity index (χ2n) is 6.34. The molecular formula is C20H13Cl3N2O6S. The minimum Gasteiger partial charge on any atom is -0.505 e. The Kier molecular flexibility index (Phi) is 7.35. The molecule has 1 fully saturated rings. The number of hydrogen-bond acceptors (Lipinski definition) is 7. The van der Waals surface area contributed by atoms with E-state index in [9.17, 15) is 24.3 Å². The van der Waals surface area contributed by atoms with Crippen molar-refractivity contribution in [1.82, 2.24) is 4.90 Å². The molecule has 8 nitrogen and oxygen atoms in total. The highest BCUT2D eigenvalue weighted by molar-refractivity contribution is 8.18. The average Bonchev–Trinajstić information content (AvgIpc) is 3.00. The molecule has 1 saturated heterocycles. The predicted octanol–water partition coefficient (Wildman–Crippen LogP) is 4.81. The summed E-state index contributed by atoms with van der Waals surface area (Å²) in [5, 5.41) is 11.6. The molecule has 0 radical (unpaired) electrons. The summed E-state index contributed by atoms with van der Waals surface area (Å²) in [5.41, 5.74) is 0.673. The third-order valence-corrected chi connectivity index (χ3v) is 5.98. The highest BCUT2D eigenvalue weighted by atomic mass is 35.5. The van der Waals surface area contributed by atoms with E-state index in [1.54, 1.807) is 0 Å². The molecule has 2 N–H and O–H groups in total. The van der Waals surface area contributed by atoms with Crippen LogP contribution in [-0.4, -0.2) is 46.7 Å². The van der Waals surface area contributed by atoms with Gasteiger partial charge in [-0.25, -0.2) is 4.79 Å². The number of esters is 1. The van der Waals surface area contributed by atoms with Gasteiger partial charge in [-0.3, -0.25) is 19.3 Å². The maximum absolute atomic E-state index is 12.6. The van der Waals surface area contributed by atoms with E-state index in [1.165, 1.54) is 43.5 Å². The van der Waals surface area contributed by atoms with E-state index >= 15 is 0 Å². The number of rotatable bonds is 5. The van der Waals surface area contributed by atoms with E-state index in [-0.39, 0.29) is 37.0 Å². The molecule has 1 aliphatic rings. The minimum absolute atomic E-state index is 0.0170. The van der Waals surface area contributed by atoms with Crippen molar-refractivity contribution in [3.8, 4) is 5.75 Å². The molecule has 0 aliphatic carbocycles. The molecule has 3 rings (SSSR count). The smallest absolute Gasteiger partial charge is 0.339 e. The van der Waals surface area contributed by atoms with Crippen molar-refractivity contribution in [3.63, 3.8) is 0 Å². The Morgan fingerprint density at radius 2 is 1.78 bits per heavy atom. The molecule has 12 heteroatoms. The fourth-order valence-electron chi connectivity index (χ4n) is 2.67. The van der Waals surface area contributed by atoms with Crippen LogP contribution in [0.1, 0.15) is 15.9 Å². The Bertz CT molecular complexity index is 1160. The van der Waals surface area contributed by atoms with E-state index in [0.29, 0.717) is 17.3 Å². The molecule has 1 aliphatic heterocycles. The molecule has 0 spiro atoms. The maximum Gasteiger partial charge on any atom is 0.339 e. The summed E-state index contributed by atoms with van der Waals surface area (Å²) in [6.07, 6.45) is 1.38. The van der Waals surface area contributed by atoms with Crippen LogP contribution in [0.25, 0.3) is 6.08 Å². The number of aromatic hydroxyl groups is 1. The van der Waals surface area contributed by atoms with Gasteiger partial charge in [0, 0.05) is 5.69 Å². The van der Waals surface area contributed by atoms with Gasteiger partial charge in [0.25, 0.3) is 11.1 Å². The van der Waals surface area contributed by atoms with Crippen LogP contribution in [0.4, 0.5) is 10.5 Å². The first-order chi connectivity index (χ1) is 15.1. The van der Waals surface area contributed by atoms with Gasteiger partial charge in [-0.2, -0.15) is 0 Å². The zero-order valence-corrected chi connectivity index (χ0v) is 19.2. The van der Waals surface area contributed by atoms with Gasteiger partial charge in [0.2, 0.25) is 5.91 Å². The van der Waals surface area contributed by atoms with Gasteiger partial charge in [-0.05, 0) is 53.7 Å². The number of hydrogen-bond donors (Lipinski definition) is 2. The van der Waals surface area contributed by atoms with Crippen LogP contribution in [0, 0.1) is 0 Å². The number of nitrogens with one attached hydrogen (secondary N) is 1. The fourth-order valence-corrected chi connectivity index (χ4v) is 4.21. The quantitative estimate of drug-likeness (QED) is 0.434. The molecule has 32 heavy (non-hydrogen) atoms. The van der Waals surface area contributed by atoms with Crippen molar-refractivity contribution in [2.45, 2.75) is 0 Å². The summed E-state index contributed by atoms with van der Waals surface area (Å²) in [6, 6.07) is 6.93. The number of amides is 3. The zero-order valence-electron chi connectivity index (χ0n) is 16.1. The number of nitrogens with zero attached hydrogens (tertiary/aromatic N) is 1. The lowest BCUT2D eigenvalue weighted by atomic mass is 10.2. The van der Waals surface area contributed by atoms with Gasteiger partial charge < -0.3 is 15.2 Å². The van der Waals surface area contributed by atoms with Crippen LogP contribution >= 0.6 is 46.6 Å². The third kappa shape index (κ3) is 5.18. The van der Waals surface area contributed by atoms with Gasteiger partial charge in [0.05, 0.1) is 32.6 Å². The summed E-state index contributed by atoms with van der Waals surface area (Å²) in [5.74, 6) is -2.33. The molecule has 0 unspecified atom stereocenters. The van der Waals surface area contributed by atoms with Crippen LogP contribution in [0.5, 0.6) is 5.75 Å². The van der Waals surface area contributed by atoms with Gasteiger partial charge >= 0.3 is 5.97 Å². The van der Waals surface area contributed by atoms with Crippen molar-refractivity contribution in [3.05, 3.63) is 61.4 Å². The summed E-state index contributed by atoms with van der Waals surface area (Å²) < 4.78 is 4.62. The van der Waals surface area contributed by atoms with Crippen LogP contribution < -0.4 is 5.32 Å². The van der Waals surface area contributed by atoms with E-state index in [2.05, 4.69) is 10.1 Å². The third-order valence-electron chi connectivity index (χ3n) is 4.17. The Hall–Kier alpha value is -2.72. The van der Waals surface area contributed by atoms with E-state index in [0.717, 1.165) is 4.90 Å². The largest absolute Gasteiger partial charge is 0.505 e.